The second-order valence-electron chi connectivity index (χ2n) is 2.73. The van der Waals surface area contributed by atoms with Gasteiger partial charge in [-0.2, -0.15) is 0 Å². The Kier molecular flexibility index (Phi) is 2.18. The Hall–Kier alpha value is -1.49. The van der Waals surface area contributed by atoms with Crippen LogP contribution < -0.4 is 0 Å². The number of hydroxylamine groups is 2. The molecule has 5 heteroatoms. The minimum absolute atomic E-state index is 0.0776. The maximum Gasteiger partial charge on any atom is 0.233 e. The van der Waals surface area contributed by atoms with E-state index in [0.29, 0.717) is 13.0 Å². The predicted molar refractivity (Wildman–Crippen MR) is 43.2 cm³/mol. The molecule has 1 aliphatic rings. The van der Waals surface area contributed by atoms with Crippen LogP contribution in [0.2, 0.25) is 0 Å². The molecule has 0 unspecified atom stereocenters. The summed E-state index contributed by atoms with van der Waals surface area (Å²) in [6.45, 7) is 0.556. The molecule has 0 bridgehead atoms. The smallest absolute Gasteiger partial charge is 0.233 e. The van der Waals surface area contributed by atoms with Gasteiger partial charge in [-0.25, -0.2) is 5.06 Å². The molecule has 0 radical (unpaired) electrons. The Morgan fingerprint density at radius 1 is 1.62 bits per heavy atom. The summed E-state index contributed by atoms with van der Waals surface area (Å²) in [6.07, 6.45) is 6.31. The molecular weight excluding hydrogens is 170 g/mol. The topological polar surface area (TPSA) is 55.3 Å². The van der Waals surface area contributed by atoms with E-state index in [-0.39, 0.29) is 6.04 Å². The Labute approximate surface area is 75.3 Å². The van der Waals surface area contributed by atoms with E-state index >= 15 is 0 Å². The first-order valence-electron chi connectivity index (χ1n) is 4.04. The normalized spacial score (nSPS) is 21.8. The van der Waals surface area contributed by atoms with Gasteiger partial charge < -0.3 is 0 Å². The number of hydrogen-bond acceptors (Lipinski definition) is 4. The zero-order valence-electron chi connectivity index (χ0n) is 6.96. The number of hydrogen-bond donors (Lipinski definition) is 0. The first-order valence-corrected chi connectivity index (χ1v) is 4.04. The van der Waals surface area contributed by atoms with Crippen molar-refractivity contribution in [3.05, 3.63) is 24.3 Å². The first kappa shape index (κ1) is 8.12. The minimum Gasteiger partial charge on any atom is -0.276 e. The highest BCUT2D eigenvalue weighted by atomic mass is 16.7. The third kappa shape index (κ3) is 1.50. The van der Waals surface area contributed by atoms with Crippen molar-refractivity contribution in [2.75, 3.05) is 6.61 Å². The van der Waals surface area contributed by atoms with Crippen molar-refractivity contribution in [3.63, 3.8) is 0 Å². The average Bonchev–Trinajstić information content (AvgIpc) is 2.67. The molecule has 1 saturated heterocycles. The van der Waals surface area contributed by atoms with Gasteiger partial charge in [0.2, 0.25) is 6.41 Å². The summed E-state index contributed by atoms with van der Waals surface area (Å²) in [7, 11) is 0. The molecule has 1 aliphatic heterocycles. The third-order valence-electron chi connectivity index (χ3n) is 1.97. The van der Waals surface area contributed by atoms with Gasteiger partial charge in [-0.05, 0) is 0 Å². The molecule has 1 atom stereocenters. The van der Waals surface area contributed by atoms with Crippen molar-refractivity contribution < 1.29 is 9.63 Å². The van der Waals surface area contributed by atoms with Gasteiger partial charge in [-0.3, -0.25) is 19.6 Å². The van der Waals surface area contributed by atoms with Crippen molar-refractivity contribution in [2.45, 2.75) is 12.5 Å². The van der Waals surface area contributed by atoms with Gasteiger partial charge in [0, 0.05) is 18.8 Å². The maximum absolute atomic E-state index is 10.5. The van der Waals surface area contributed by atoms with Gasteiger partial charge in [0.25, 0.3) is 0 Å². The van der Waals surface area contributed by atoms with E-state index in [4.69, 9.17) is 4.84 Å². The Bertz CT molecular complexity index is 291. The van der Waals surface area contributed by atoms with Crippen molar-refractivity contribution in [2.24, 2.45) is 0 Å². The fourth-order valence-electron chi connectivity index (χ4n) is 1.35. The van der Waals surface area contributed by atoms with E-state index in [2.05, 4.69) is 9.97 Å². The zero-order chi connectivity index (χ0) is 9.10. The van der Waals surface area contributed by atoms with Crippen LogP contribution in [0.3, 0.4) is 0 Å². The summed E-state index contributed by atoms with van der Waals surface area (Å²) < 4.78 is 0. The second kappa shape index (κ2) is 3.49. The molecule has 0 saturated carbocycles. The highest BCUT2D eigenvalue weighted by molar-refractivity contribution is 5.46. The average molecular weight is 179 g/mol. The lowest BCUT2D eigenvalue weighted by molar-refractivity contribution is -0.161. The largest absolute Gasteiger partial charge is 0.276 e. The van der Waals surface area contributed by atoms with Crippen LogP contribution in [0.15, 0.2) is 18.6 Å². The second-order valence-corrected chi connectivity index (χ2v) is 2.73. The van der Waals surface area contributed by atoms with Crippen LogP contribution in [-0.4, -0.2) is 28.0 Å². The van der Waals surface area contributed by atoms with E-state index in [1.807, 2.05) is 0 Å². The van der Waals surface area contributed by atoms with E-state index < -0.39 is 0 Å². The lowest BCUT2D eigenvalue weighted by atomic mass is 10.2. The number of rotatable bonds is 2. The molecule has 5 nitrogen and oxygen atoms in total. The van der Waals surface area contributed by atoms with Gasteiger partial charge in [0.15, 0.2) is 0 Å². The van der Waals surface area contributed by atoms with E-state index in [1.54, 1.807) is 18.6 Å². The summed E-state index contributed by atoms with van der Waals surface area (Å²) in [5, 5.41) is 1.28. The van der Waals surface area contributed by atoms with Gasteiger partial charge in [0.05, 0.1) is 18.5 Å². The van der Waals surface area contributed by atoms with Crippen LogP contribution in [0.5, 0.6) is 0 Å². The van der Waals surface area contributed by atoms with Gasteiger partial charge in [0.1, 0.15) is 6.04 Å². The first-order chi connectivity index (χ1) is 6.42. The van der Waals surface area contributed by atoms with Crippen LogP contribution >= 0.6 is 0 Å². The lowest BCUT2D eigenvalue weighted by Gasteiger charge is -2.15. The molecule has 0 aromatic carbocycles. The SMILES string of the molecule is O=CN1OCC[C@H]1c1cnccn1. The van der Waals surface area contributed by atoms with Crippen LogP contribution in [0.25, 0.3) is 0 Å². The van der Waals surface area contributed by atoms with Gasteiger partial charge in [-0.15, -0.1) is 0 Å². The summed E-state index contributed by atoms with van der Waals surface area (Å²) in [5.41, 5.74) is 0.770. The molecular formula is C8H9N3O2. The van der Waals surface area contributed by atoms with Crippen molar-refractivity contribution in [1.82, 2.24) is 15.0 Å². The summed E-state index contributed by atoms with van der Waals surface area (Å²) >= 11 is 0. The summed E-state index contributed by atoms with van der Waals surface area (Å²) in [5.74, 6) is 0. The highest BCUT2D eigenvalue weighted by Gasteiger charge is 2.27. The van der Waals surface area contributed by atoms with E-state index in [1.165, 1.54) is 5.06 Å². The fraction of sp³-hybridized carbons (Fsp3) is 0.375. The molecule has 1 aromatic rings. The van der Waals surface area contributed by atoms with Gasteiger partial charge >= 0.3 is 0 Å². The molecule has 2 rings (SSSR count). The van der Waals surface area contributed by atoms with Crippen LogP contribution in [0, 0.1) is 0 Å². The Morgan fingerprint density at radius 2 is 2.54 bits per heavy atom. The molecule has 1 aromatic heterocycles. The number of carbonyl (C=O) groups is 1. The molecule has 0 aliphatic carbocycles. The zero-order valence-corrected chi connectivity index (χ0v) is 6.96. The number of nitrogens with zero attached hydrogens (tertiary/aromatic N) is 3. The predicted octanol–water partition coefficient (Wildman–Crippen LogP) is 0.311. The standard InChI is InChI=1S/C8H9N3O2/c12-6-11-8(1-4-13-11)7-5-9-2-3-10-7/h2-3,5-6,8H,1,4H2/t8-/m0/s1. The van der Waals surface area contributed by atoms with Crippen LogP contribution in [-0.2, 0) is 9.63 Å². The van der Waals surface area contributed by atoms with Crippen LogP contribution in [0.1, 0.15) is 18.2 Å². The molecule has 1 amide bonds. The molecule has 68 valence electrons. The fourth-order valence-corrected chi connectivity index (χ4v) is 1.35. The summed E-state index contributed by atoms with van der Waals surface area (Å²) in [6, 6.07) is -0.0776. The monoisotopic (exact) mass is 179 g/mol. The Balaban J connectivity index is 2.21. The quantitative estimate of drug-likeness (QED) is 0.613. The third-order valence-corrected chi connectivity index (χ3v) is 1.97. The van der Waals surface area contributed by atoms with E-state index in [9.17, 15) is 4.79 Å². The molecule has 0 spiro atoms. The van der Waals surface area contributed by atoms with Crippen molar-refractivity contribution in [1.29, 1.82) is 0 Å². The lowest BCUT2D eigenvalue weighted by Crippen LogP contribution is -2.20. The number of aromatic nitrogens is 2. The van der Waals surface area contributed by atoms with Crippen LogP contribution in [0.4, 0.5) is 0 Å². The molecule has 0 N–H and O–H groups in total. The number of amides is 1. The van der Waals surface area contributed by atoms with E-state index in [0.717, 1.165) is 12.1 Å². The Morgan fingerprint density at radius 3 is 3.23 bits per heavy atom. The summed E-state index contributed by atoms with van der Waals surface area (Å²) in [4.78, 5) is 23.7. The molecule has 13 heavy (non-hydrogen) atoms. The highest BCUT2D eigenvalue weighted by Crippen LogP contribution is 2.26. The van der Waals surface area contributed by atoms with Crippen molar-refractivity contribution >= 4 is 6.41 Å². The number of carbonyl (C=O) groups excluding carboxylic acids is 1. The molecule has 1 fully saturated rings. The van der Waals surface area contributed by atoms with Crippen molar-refractivity contribution in [3.8, 4) is 0 Å². The van der Waals surface area contributed by atoms with Gasteiger partial charge in [-0.1, -0.05) is 0 Å². The molecule has 2 heterocycles. The minimum atomic E-state index is -0.0776. The maximum atomic E-state index is 10.5.